The average Bonchev–Trinajstić information content (AvgIpc) is 3.20. The molecule has 2 N–H and O–H groups in total. The second-order valence-electron chi connectivity index (χ2n) is 15.5. The second kappa shape index (κ2) is 43.4. The summed E-state index contributed by atoms with van der Waals surface area (Å²) in [4.78, 5) is 24.3. The Morgan fingerprint density at radius 2 is 1.07 bits per heavy atom. The molecular formula is C50H86O6. The molecule has 0 aliphatic carbocycles. The second-order valence-corrected chi connectivity index (χ2v) is 15.5. The normalized spacial score (nSPS) is 14.0. The first-order chi connectivity index (χ1) is 27.4. The van der Waals surface area contributed by atoms with Crippen molar-refractivity contribution in [2.24, 2.45) is 5.92 Å². The maximum Gasteiger partial charge on any atom is 0.306 e. The molecule has 0 bridgehead atoms. The van der Waals surface area contributed by atoms with Crippen LogP contribution >= 0.6 is 0 Å². The molecule has 0 saturated heterocycles. The van der Waals surface area contributed by atoms with Gasteiger partial charge in [0.05, 0.1) is 12.7 Å². The maximum absolute atomic E-state index is 12.2. The first-order valence-corrected chi connectivity index (χ1v) is 23.0. The van der Waals surface area contributed by atoms with E-state index in [1.54, 1.807) is 6.08 Å². The number of hydrogen-bond acceptors (Lipinski definition) is 6. The van der Waals surface area contributed by atoms with Gasteiger partial charge in [0.2, 0.25) is 0 Å². The number of hydrogen-bond donors (Lipinski definition) is 2. The molecule has 0 radical (unpaired) electrons. The molecule has 0 saturated carbocycles. The number of carbonyl (C=O) groups is 2. The van der Waals surface area contributed by atoms with Crippen molar-refractivity contribution >= 4 is 11.9 Å². The Morgan fingerprint density at radius 1 is 0.571 bits per heavy atom. The van der Waals surface area contributed by atoms with E-state index in [0.717, 1.165) is 50.9 Å². The number of rotatable bonds is 40. The van der Waals surface area contributed by atoms with Gasteiger partial charge in [-0.15, -0.1) is 0 Å². The van der Waals surface area contributed by atoms with E-state index in [4.69, 9.17) is 9.47 Å². The lowest BCUT2D eigenvalue weighted by molar-refractivity contribution is -0.161. The summed E-state index contributed by atoms with van der Waals surface area (Å²) in [5.74, 6) is 0.192. The number of esters is 2. The lowest BCUT2D eigenvalue weighted by Gasteiger charge is -2.15. The fourth-order valence-corrected chi connectivity index (χ4v) is 6.29. The Hall–Kier alpha value is -2.70. The van der Waals surface area contributed by atoms with E-state index in [0.29, 0.717) is 19.3 Å². The third kappa shape index (κ3) is 40.9. The van der Waals surface area contributed by atoms with Crippen LogP contribution in [0.25, 0.3) is 0 Å². The molecule has 0 amide bonds. The monoisotopic (exact) mass is 783 g/mol. The van der Waals surface area contributed by atoms with Gasteiger partial charge in [-0.05, 0) is 50.9 Å². The molecule has 0 rings (SSSR count). The van der Waals surface area contributed by atoms with E-state index >= 15 is 0 Å². The third-order valence-electron chi connectivity index (χ3n) is 10.1. The molecule has 0 heterocycles. The van der Waals surface area contributed by atoms with Crippen molar-refractivity contribution in [1.29, 1.82) is 0 Å². The molecule has 6 nitrogen and oxygen atoms in total. The molecule has 6 heteroatoms. The quantitative estimate of drug-likeness (QED) is 0.0278. The van der Waals surface area contributed by atoms with Crippen LogP contribution in [0.2, 0.25) is 0 Å². The van der Waals surface area contributed by atoms with Crippen molar-refractivity contribution < 1.29 is 29.3 Å². The van der Waals surface area contributed by atoms with Gasteiger partial charge in [-0.25, -0.2) is 0 Å². The molecule has 0 fully saturated rings. The Bertz CT molecular complexity index is 1050. The van der Waals surface area contributed by atoms with Crippen molar-refractivity contribution in [2.75, 3.05) is 13.2 Å². The summed E-state index contributed by atoms with van der Waals surface area (Å²) in [5.41, 5.74) is 0. The zero-order chi connectivity index (χ0) is 41.0. The third-order valence-corrected chi connectivity index (χ3v) is 10.1. The van der Waals surface area contributed by atoms with Crippen LogP contribution in [0.5, 0.6) is 0 Å². The molecule has 2 unspecified atom stereocenters. The molecule has 3 atom stereocenters. The molecule has 0 aromatic carbocycles. The van der Waals surface area contributed by atoms with E-state index in [1.165, 1.54) is 109 Å². The number of aliphatic hydroxyl groups is 2. The molecule has 56 heavy (non-hydrogen) atoms. The van der Waals surface area contributed by atoms with Gasteiger partial charge >= 0.3 is 11.9 Å². The molecular weight excluding hydrogens is 697 g/mol. The van der Waals surface area contributed by atoms with Gasteiger partial charge < -0.3 is 19.7 Å². The number of ether oxygens (including phenoxy) is 2. The van der Waals surface area contributed by atoms with Gasteiger partial charge in [0.15, 0.2) is 6.10 Å². The molecule has 0 aliphatic rings. The standard InChI is InChI=1S/C50H86O6/c1-4-6-7-8-30-35-40-47(52)41-36-31-26-22-19-20-24-28-33-38-43-50(54)56-48(44-51)45-55-49(53)42-37-32-27-23-18-16-14-12-10-9-11-13-15-17-21-25-29-34-39-46(3)5-2/h6-7,19-20,26,28,30-31,33,35-36,41,46-48,51-52H,4-5,8-18,21-25,27,29,32,34,37-40,42-45H2,1-3H3/b7-6-,20-19-,31-26-,33-28-,35-30-,41-36+/t46?,47?,48-/m0/s1. The van der Waals surface area contributed by atoms with E-state index < -0.39 is 18.2 Å². The van der Waals surface area contributed by atoms with Gasteiger partial charge in [0.1, 0.15) is 6.61 Å². The summed E-state index contributed by atoms with van der Waals surface area (Å²) in [6, 6.07) is 0. The van der Waals surface area contributed by atoms with Gasteiger partial charge in [-0.1, -0.05) is 216 Å². The molecule has 0 aromatic rings. The minimum atomic E-state index is -0.830. The van der Waals surface area contributed by atoms with Gasteiger partial charge in [-0.3, -0.25) is 9.59 Å². The highest BCUT2D eigenvalue weighted by molar-refractivity contribution is 5.70. The molecule has 0 aromatic heterocycles. The van der Waals surface area contributed by atoms with E-state index in [2.05, 4.69) is 51.2 Å². The van der Waals surface area contributed by atoms with Crippen molar-refractivity contribution in [1.82, 2.24) is 0 Å². The molecule has 0 spiro atoms. The fraction of sp³-hybridized carbons (Fsp3) is 0.720. The molecule has 0 aliphatic heterocycles. The minimum Gasteiger partial charge on any atom is -0.462 e. The van der Waals surface area contributed by atoms with Crippen LogP contribution < -0.4 is 0 Å². The van der Waals surface area contributed by atoms with Crippen LogP contribution in [0.4, 0.5) is 0 Å². The fourth-order valence-electron chi connectivity index (χ4n) is 6.29. The summed E-state index contributed by atoms with van der Waals surface area (Å²) in [5, 5.41) is 19.6. The van der Waals surface area contributed by atoms with Gasteiger partial charge in [-0.2, -0.15) is 0 Å². The van der Waals surface area contributed by atoms with Crippen molar-refractivity contribution in [3.63, 3.8) is 0 Å². The summed E-state index contributed by atoms with van der Waals surface area (Å²) in [7, 11) is 0. The van der Waals surface area contributed by atoms with Crippen molar-refractivity contribution in [3.8, 4) is 0 Å². The van der Waals surface area contributed by atoms with E-state index in [-0.39, 0.29) is 25.6 Å². The van der Waals surface area contributed by atoms with Crippen LogP contribution in [0, 0.1) is 5.92 Å². The Labute approximate surface area is 345 Å². The zero-order valence-corrected chi connectivity index (χ0v) is 36.4. The van der Waals surface area contributed by atoms with Crippen LogP contribution in [0.3, 0.4) is 0 Å². The Kier molecular flexibility index (Phi) is 41.3. The van der Waals surface area contributed by atoms with E-state index in [9.17, 15) is 19.8 Å². The highest BCUT2D eigenvalue weighted by Crippen LogP contribution is 2.17. The Balaban J connectivity index is 3.67. The molecule has 322 valence electrons. The van der Waals surface area contributed by atoms with Crippen LogP contribution in [0.15, 0.2) is 72.9 Å². The SMILES string of the molecule is CC/C=C\C/C=C\CC(O)/C=C/C=C\C/C=C\C/C=C\CCC(=O)O[C@@H](CO)COC(=O)CCCCCCCCCCCCCCCCCCCCC(C)CC. The largest absolute Gasteiger partial charge is 0.462 e. The smallest absolute Gasteiger partial charge is 0.306 e. The van der Waals surface area contributed by atoms with Gasteiger partial charge in [0, 0.05) is 12.8 Å². The lowest BCUT2D eigenvalue weighted by atomic mass is 9.99. The number of allylic oxidation sites excluding steroid dienone is 10. The zero-order valence-electron chi connectivity index (χ0n) is 36.4. The summed E-state index contributed by atoms with van der Waals surface area (Å²) < 4.78 is 10.6. The maximum atomic E-state index is 12.2. The highest BCUT2D eigenvalue weighted by atomic mass is 16.6. The summed E-state index contributed by atoms with van der Waals surface area (Å²) in [6.45, 7) is 6.30. The first kappa shape index (κ1) is 53.3. The first-order valence-electron chi connectivity index (χ1n) is 23.0. The predicted octanol–water partition coefficient (Wildman–Crippen LogP) is 13.7. The number of aliphatic hydroxyl groups excluding tert-OH is 2. The Morgan fingerprint density at radius 3 is 1.62 bits per heavy atom. The van der Waals surface area contributed by atoms with Crippen molar-refractivity contribution in [2.45, 2.75) is 213 Å². The lowest BCUT2D eigenvalue weighted by Crippen LogP contribution is -2.28. The minimum absolute atomic E-state index is 0.111. The predicted molar refractivity (Wildman–Crippen MR) is 239 cm³/mol. The average molecular weight is 783 g/mol. The van der Waals surface area contributed by atoms with Gasteiger partial charge in [0.25, 0.3) is 0 Å². The summed E-state index contributed by atoms with van der Waals surface area (Å²) >= 11 is 0. The van der Waals surface area contributed by atoms with E-state index in [1.807, 2.05) is 36.5 Å². The van der Waals surface area contributed by atoms with Crippen LogP contribution in [0.1, 0.15) is 201 Å². The number of carbonyl (C=O) groups excluding carboxylic acids is 2. The topological polar surface area (TPSA) is 93.1 Å². The number of unbranched alkanes of at least 4 members (excludes halogenated alkanes) is 17. The highest BCUT2D eigenvalue weighted by Gasteiger charge is 2.15. The van der Waals surface area contributed by atoms with Crippen LogP contribution in [-0.2, 0) is 19.1 Å². The summed E-state index contributed by atoms with van der Waals surface area (Å²) in [6.07, 6.45) is 54.4. The van der Waals surface area contributed by atoms with Crippen molar-refractivity contribution in [3.05, 3.63) is 72.9 Å². The van der Waals surface area contributed by atoms with Crippen LogP contribution in [-0.4, -0.2) is 47.6 Å².